The summed E-state index contributed by atoms with van der Waals surface area (Å²) in [6.45, 7) is 22.6. The van der Waals surface area contributed by atoms with Crippen LogP contribution in [-0.2, 0) is 53.3 Å². The summed E-state index contributed by atoms with van der Waals surface area (Å²) in [5.41, 5.74) is 14.6. The molecule has 0 saturated heterocycles. The van der Waals surface area contributed by atoms with Crippen LogP contribution in [0.2, 0.25) is 0 Å². The molecule has 1 aliphatic rings. The zero-order valence-corrected chi connectivity index (χ0v) is 34.5. The molecule has 0 bridgehead atoms. The topological polar surface area (TPSA) is 0 Å². The Bertz CT molecular complexity index is 1640. The van der Waals surface area contributed by atoms with Crippen molar-refractivity contribution in [2.75, 3.05) is 0 Å². The number of fused-ring (bicyclic) bond motifs is 3. The van der Waals surface area contributed by atoms with Crippen LogP contribution in [0.4, 0.5) is 0 Å². The van der Waals surface area contributed by atoms with Gasteiger partial charge in [0.1, 0.15) is 0 Å². The fraction of sp³-hybridized carbons (Fsp3) is 0.333. The third kappa shape index (κ3) is 11.0. The standard InChI is InChI=1S/C21H25.C13H10.C11H17.2ClH.Zr/c1-20(2,3)16-9-7-14-11-15-8-10-17(21(4,5)6)13-19(15)18(14)12-16;1-3-7-12(8-4-1)11-13-9-5-2-6-10-13;1-5-9-6-7-10(8-9)11(2,3)4;;;/h7,9-10,12-13H,11H2,1-6H3;1-10H;6-8H,5H2,1-4H3;2*1H;/q-1;;-1;;;+2/p-2. The fourth-order valence-corrected chi connectivity index (χ4v) is 6.36. The molecule has 5 aromatic carbocycles. The first kappa shape index (κ1) is 41.7. The zero-order chi connectivity index (χ0) is 33.7. The normalized spacial score (nSPS) is 11.8. The first-order chi connectivity index (χ1) is 21.6. The molecule has 252 valence electrons. The molecule has 3 heteroatoms. The van der Waals surface area contributed by atoms with Crippen LogP contribution in [0.25, 0.3) is 11.1 Å². The summed E-state index contributed by atoms with van der Waals surface area (Å²) in [4.78, 5) is 0. The van der Waals surface area contributed by atoms with Gasteiger partial charge < -0.3 is 24.8 Å². The second-order valence-electron chi connectivity index (χ2n) is 15.5. The predicted octanol–water partition coefficient (Wildman–Crippen LogP) is 5.73. The molecule has 0 spiro atoms. The first-order valence-corrected chi connectivity index (χ1v) is 17.9. The van der Waals surface area contributed by atoms with Crippen molar-refractivity contribution < 1.29 is 49.0 Å². The van der Waals surface area contributed by atoms with Gasteiger partial charge in [-0.2, -0.15) is 52.6 Å². The predicted molar refractivity (Wildman–Crippen MR) is 197 cm³/mol. The van der Waals surface area contributed by atoms with E-state index in [2.05, 4.69) is 184 Å². The summed E-state index contributed by atoms with van der Waals surface area (Å²) in [5.74, 6) is 0. The van der Waals surface area contributed by atoms with Gasteiger partial charge in [0, 0.05) is 0 Å². The van der Waals surface area contributed by atoms with E-state index in [0.717, 1.165) is 12.8 Å². The molecule has 0 saturated carbocycles. The summed E-state index contributed by atoms with van der Waals surface area (Å²) in [5, 5.41) is 0. The minimum atomic E-state index is 0. The van der Waals surface area contributed by atoms with Crippen LogP contribution in [0.1, 0.15) is 114 Å². The van der Waals surface area contributed by atoms with E-state index < -0.39 is 0 Å². The molecule has 0 amide bonds. The van der Waals surface area contributed by atoms with Crippen molar-refractivity contribution in [3.63, 3.8) is 0 Å². The van der Waals surface area contributed by atoms with Crippen molar-refractivity contribution in [2.24, 2.45) is 0 Å². The number of rotatable bonds is 3. The van der Waals surface area contributed by atoms with Crippen molar-refractivity contribution in [2.45, 2.75) is 98.3 Å². The molecule has 0 fully saturated rings. The number of hydrogen-bond donors (Lipinski definition) is 0. The molecular formula is C45H52Cl2Zr-2. The van der Waals surface area contributed by atoms with Crippen molar-refractivity contribution in [1.82, 2.24) is 0 Å². The molecule has 0 unspecified atom stereocenters. The van der Waals surface area contributed by atoms with Gasteiger partial charge in [0.15, 0.2) is 0 Å². The molecule has 0 atom stereocenters. The fourth-order valence-electron chi connectivity index (χ4n) is 5.54. The van der Waals surface area contributed by atoms with E-state index in [1.165, 1.54) is 83.1 Å². The minimum absolute atomic E-state index is 0. The Morgan fingerprint density at radius 1 is 0.646 bits per heavy atom. The van der Waals surface area contributed by atoms with E-state index >= 15 is 0 Å². The van der Waals surface area contributed by atoms with Gasteiger partial charge in [-0.3, -0.25) is 0 Å². The summed E-state index contributed by atoms with van der Waals surface area (Å²) in [7, 11) is 0. The van der Waals surface area contributed by atoms with Gasteiger partial charge >= 0.3 is 99.2 Å². The Morgan fingerprint density at radius 3 is 1.58 bits per heavy atom. The molecule has 0 aromatic heterocycles. The molecule has 0 aliphatic heterocycles. The quantitative estimate of drug-likeness (QED) is 0.203. The summed E-state index contributed by atoms with van der Waals surface area (Å²) in [6.07, 6.45) is 2.18. The molecule has 0 N–H and O–H groups in total. The Kier molecular flexibility index (Phi) is 15.2. The van der Waals surface area contributed by atoms with E-state index in [4.69, 9.17) is 0 Å². The maximum absolute atomic E-state index is 3.53. The van der Waals surface area contributed by atoms with Crippen LogP contribution in [-0.4, -0.2) is 3.21 Å². The molecule has 0 nitrogen and oxygen atoms in total. The summed E-state index contributed by atoms with van der Waals surface area (Å²) >= 11 is 1.46. The average molecular weight is 755 g/mol. The van der Waals surface area contributed by atoms with E-state index in [1.807, 2.05) is 0 Å². The van der Waals surface area contributed by atoms with Crippen molar-refractivity contribution in [3.8, 4) is 11.1 Å². The van der Waals surface area contributed by atoms with Crippen molar-refractivity contribution >= 4 is 3.21 Å². The third-order valence-electron chi connectivity index (χ3n) is 8.74. The Labute approximate surface area is 319 Å². The summed E-state index contributed by atoms with van der Waals surface area (Å²) in [6, 6.07) is 42.9. The number of halogens is 2. The second-order valence-corrected chi connectivity index (χ2v) is 16.8. The van der Waals surface area contributed by atoms with Gasteiger partial charge in [-0.1, -0.05) is 116 Å². The van der Waals surface area contributed by atoms with Crippen molar-refractivity contribution in [3.05, 3.63) is 160 Å². The van der Waals surface area contributed by atoms with Gasteiger partial charge in [-0.25, -0.2) is 6.07 Å². The Morgan fingerprint density at radius 2 is 1.15 bits per heavy atom. The Hall–Kier alpha value is -2.44. The monoisotopic (exact) mass is 752 g/mol. The molecule has 48 heavy (non-hydrogen) atoms. The number of aryl methyl sites for hydroxylation is 1. The molecule has 1 aliphatic carbocycles. The SMILES string of the molecule is CC(C)(C)c1c[c-]c2c(c1)-c1cc(C(C)(C)C)ccc1C2.CCc1cc(C(C)(C)C)c[cH-]1.[Cl-].[Cl-].[Zr+2]=[C](c1ccccc1)c1ccccc1. The van der Waals surface area contributed by atoms with Gasteiger partial charge in [0.25, 0.3) is 0 Å². The average Bonchev–Trinajstić information content (AvgIpc) is 3.66. The zero-order valence-electron chi connectivity index (χ0n) is 30.6. The third-order valence-corrected chi connectivity index (χ3v) is 10.2. The summed E-state index contributed by atoms with van der Waals surface area (Å²) < 4.78 is 1.42. The van der Waals surface area contributed by atoms with Gasteiger partial charge in [0.2, 0.25) is 0 Å². The van der Waals surface area contributed by atoms with Crippen LogP contribution in [0.3, 0.4) is 0 Å². The molecule has 6 rings (SSSR count). The van der Waals surface area contributed by atoms with Crippen LogP contribution in [0.15, 0.2) is 109 Å². The molecule has 5 aromatic rings. The first-order valence-electron chi connectivity index (χ1n) is 16.7. The van der Waals surface area contributed by atoms with E-state index in [-0.39, 0.29) is 35.6 Å². The van der Waals surface area contributed by atoms with Crippen LogP contribution in [0.5, 0.6) is 0 Å². The van der Waals surface area contributed by atoms with Crippen LogP contribution < -0.4 is 24.8 Å². The number of hydrogen-bond acceptors (Lipinski definition) is 0. The van der Waals surface area contributed by atoms with E-state index in [0.29, 0.717) is 5.41 Å². The van der Waals surface area contributed by atoms with Crippen molar-refractivity contribution in [1.29, 1.82) is 0 Å². The van der Waals surface area contributed by atoms with Crippen LogP contribution in [0, 0.1) is 6.07 Å². The number of benzene rings is 4. The molecule has 0 heterocycles. The maximum atomic E-state index is 3.53. The van der Waals surface area contributed by atoms with E-state index in [1.54, 1.807) is 0 Å². The Balaban J connectivity index is 0.000000260. The van der Waals surface area contributed by atoms with Crippen LogP contribution >= 0.6 is 0 Å². The molecular weight excluding hydrogens is 703 g/mol. The van der Waals surface area contributed by atoms with Gasteiger partial charge in [-0.15, -0.1) is 5.56 Å². The molecule has 0 radical (unpaired) electrons. The van der Waals surface area contributed by atoms with Gasteiger partial charge in [-0.05, 0) is 17.4 Å². The second kappa shape index (κ2) is 17.5. The van der Waals surface area contributed by atoms with Gasteiger partial charge in [0.05, 0.1) is 0 Å². The van der Waals surface area contributed by atoms with E-state index in [9.17, 15) is 0 Å².